The van der Waals surface area contributed by atoms with E-state index in [-0.39, 0.29) is 11.3 Å². The molecule has 0 atom stereocenters. The zero-order valence-corrected chi connectivity index (χ0v) is 15.2. The van der Waals surface area contributed by atoms with Gasteiger partial charge in [0.15, 0.2) is 6.61 Å². The van der Waals surface area contributed by atoms with Gasteiger partial charge in [0.2, 0.25) is 0 Å². The number of carbonyl (C=O) groups excluding carboxylic acids is 3. The first-order valence-corrected chi connectivity index (χ1v) is 8.37. The van der Waals surface area contributed by atoms with Crippen molar-refractivity contribution in [2.24, 2.45) is 0 Å². The summed E-state index contributed by atoms with van der Waals surface area (Å²) in [7, 11) is 0. The van der Waals surface area contributed by atoms with Crippen molar-refractivity contribution in [2.75, 3.05) is 23.8 Å². The number of esters is 1. The standard InChI is InChI=1S/C19H17F3N2O5/c1-2-28-15-6-4-3-5-14(15)24-16(25)11-29-17(26)12-7-9-13(10-8-12)23-18(27)19(20,21)22/h3-10H,2,11H2,1H3,(H,23,27)(H,24,25). The largest absolute Gasteiger partial charge is 0.492 e. The number of carbonyl (C=O) groups is 3. The molecule has 2 N–H and O–H groups in total. The van der Waals surface area contributed by atoms with Gasteiger partial charge in [0.1, 0.15) is 5.75 Å². The molecule has 2 aromatic rings. The number of amides is 2. The van der Waals surface area contributed by atoms with E-state index in [2.05, 4.69) is 5.32 Å². The Kier molecular flexibility index (Phi) is 7.18. The maximum atomic E-state index is 12.2. The topological polar surface area (TPSA) is 93.7 Å². The highest BCUT2D eigenvalue weighted by Crippen LogP contribution is 2.23. The van der Waals surface area contributed by atoms with Gasteiger partial charge < -0.3 is 20.1 Å². The minimum absolute atomic E-state index is 0.00229. The molecule has 0 saturated heterocycles. The normalized spacial score (nSPS) is 10.8. The van der Waals surface area contributed by atoms with E-state index in [0.717, 1.165) is 24.3 Å². The summed E-state index contributed by atoms with van der Waals surface area (Å²) < 4.78 is 46.9. The van der Waals surface area contributed by atoms with Gasteiger partial charge in [-0.3, -0.25) is 9.59 Å². The lowest BCUT2D eigenvalue weighted by Gasteiger charge is -2.11. The average Bonchev–Trinajstić information content (AvgIpc) is 2.67. The Bertz CT molecular complexity index is 882. The first kappa shape index (κ1) is 21.7. The van der Waals surface area contributed by atoms with E-state index in [0.29, 0.717) is 18.0 Å². The second kappa shape index (κ2) is 9.58. The van der Waals surface area contributed by atoms with Crippen LogP contribution in [-0.2, 0) is 14.3 Å². The van der Waals surface area contributed by atoms with Gasteiger partial charge in [-0.2, -0.15) is 13.2 Å². The summed E-state index contributed by atoms with van der Waals surface area (Å²) in [6, 6.07) is 11.3. The molecule has 7 nitrogen and oxygen atoms in total. The maximum absolute atomic E-state index is 12.2. The van der Waals surface area contributed by atoms with Crippen LogP contribution in [0.2, 0.25) is 0 Å². The van der Waals surface area contributed by atoms with Crippen LogP contribution in [0.4, 0.5) is 24.5 Å². The summed E-state index contributed by atoms with van der Waals surface area (Å²) in [6.07, 6.45) is -5.02. The number of rotatable bonds is 7. The SMILES string of the molecule is CCOc1ccccc1NC(=O)COC(=O)c1ccc(NC(=O)C(F)(F)F)cc1. The fourth-order valence-corrected chi connectivity index (χ4v) is 2.14. The third-order valence-electron chi connectivity index (χ3n) is 3.43. The van der Waals surface area contributed by atoms with Gasteiger partial charge in [-0.25, -0.2) is 4.79 Å². The molecule has 0 radical (unpaired) electrons. The Morgan fingerprint density at radius 1 is 0.966 bits per heavy atom. The first-order chi connectivity index (χ1) is 13.7. The summed E-state index contributed by atoms with van der Waals surface area (Å²) in [4.78, 5) is 34.8. The van der Waals surface area contributed by atoms with Crippen LogP contribution in [0.25, 0.3) is 0 Å². The highest BCUT2D eigenvalue weighted by Gasteiger charge is 2.38. The maximum Gasteiger partial charge on any atom is 0.471 e. The first-order valence-electron chi connectivity index (χ1n) is 8.37. The second-order valence-corrected chi connectivity index (χ2v) is 5.58. The molecule has 0 heterocycles. The van der Waals surface area contributed by atoms with E-state index in [4.69, 9.17) is 9.47 Å². The molecule has 0 aliphatic heterocycles. The van der Waals surface area contributed by atoms with E-state index in [1.807, 2.05) is 0 Å². The minimum Gasteiger partial charge on any atom is -0.492 e. The van der Waals surface area contributed by atoms with Crippen LogP contribution < -0.4 is 15.4 Å². The van der Waals surface area contributed by atoms with Gasteiger partial charge in [0.05, 0.1) is 17.9 Å². The van der Waals surface area contributed by atoms with E-state index in [1.54, 1.807) is 36.5 Å². The summed E-state index contributed by atoms with van der Waals surface area (Å²) in [5.74, 6) is -3.12. The number of para-hydroxylation sites is 2. The number of alkyl halides is 3. The van der Waals surface area contributed by atoms with Gasteiger partial charge >= 0.3 is 18.1 Å². The number of ether oxygens (including phenoxy) is 2. The molecule has 10 heteroatoms. The fourth-order valence-electron chi connectivity index (χ4n) is 2.14. The number of hydrogen-bond acceptors (Lipinski definition) is 5. The third kappa shape index (κ3) is 6.52. The molecule has 154 valence electrons. The molecule has 2 aromatic carbocycles. The van der Waals surface area contributed by atoms with Crippen molar-refractivity contribution in [2.45, 2.75) is 13.1 Å². The summed E-state index contributed by atoms with van der Waals surface area (Å²) >= 11 is 0. The summed E-state index contributed by atoms with van der Waals surface area (Å²) in [5, 5.41) is 4.20. The van der Waals surface area contributed by atoms with Gasteiger partial charge in [0, 0.05) is 5.69 Å². The molecule has 0 spiro atoms. The Morgan fingerprint density at radius 3 is 2.24 bits per heavy atom. The van der Waals surface area contributed by atoms with Gasteiger partial charge in [-0.05, 0) is 43.3 Å². The van der Waals surface area contributed by atoms with Gasteiger partial charge in [-0.15, -0.1) is 0 Å². The quantitative estimate of drug-likeness (QED) is 0.683. The Labute approximate surface area is 163 Å². The Hall–Kier alpha value is -3.56. The van der Waals surface area contributed by atoms with Crippen molar-refractivity contribution >= 4 is 29.2 Å². The van der Waals surface area contributed by atoms with Crippen molar-refractivity contribution in [1.82, 2.24) is 0 Å². The highest BCUT2D eigenvalue weighted by atomic mass is 19.4. The zero-order chi connectivity index (χ0) is 21.4. The lowest BCUT2D eigenvalue weighted by atomic mass is 10.2. The van der Waals surface area contributed by atoms with Crippen LogP contribution in [0.15, 0.2) is 48.5 Å². The molecule has 0 saturated carbocycles. The Balaban J connectivity index is 1.89. The van der Waals surface area contributed by atoms with Crippen molar-refractivity contribution in [3.05, 3.63) is 54.1 Å². The highest BCUT2D eigenvalue weighted by molar-refractivity contribution is 5.97. The van der Waals surface area contributed by atoms with Gasteiger partial charge in [-0.1, -0.05) is 12.1 Å². The van der Waals surface area contributed by atoms with E-state index in [1.165, 1.54) is 0 Å². The molecule has 2 rings (SSSR count). The molecule has 2 amide bonds. The molecule has 0 fully saturated rings. The van der Waals surface area contributed by atoms with Gasteiger partial charge in [0.25, 0.3) is 5.91 Å². The second-order valence-electron chi connectivity index (χ2n) is 5.58. The number of benzene rings is 2. The fraction of sp³-hybridized carbons (Fsp3) is 0.211. The van der Waals surface area contributed by atoms with Crippen molar-refractivity contribution in [3.63, 3.8) is 0 Å². The van der Waals surface area contributed by atoms with Crippen molar-refractivity contribution in [1.29, 1.82) is 0 Å². The van der Waals surface area contributed by atoms with Crippen LogP contribution in [0, 0.1) is 0 Å². The van der Waals surface area contributed by atoms with Crippen LogP contribution in [0.5, 0.6) is 5.75 Å². The number of nitrogens with one attached hydrogen (secondary N) is 2. The molecule has 0 aliphatic carbocycles. The predicted molar refractivity (Wildman–Crippen MR) is 97.6 cm³/mol. The molecule has 0 bridgehead atoms. The van der Waals surface area contributed by atoms with Crippen LogP contribution in [0.3, 0.4) is 0 Å². The number of anilines is 2. The molecule has 0 unspecified atom stereocenters. The average molecular weight is 410 g/mol. The van der Waals surface area contributed by atoms with Crippen LogP contribution >= 0.6 is 0 Å². The van der Waals surface area contributed by atoms with E-state index in [9.17, 15) is 27.6 Å². The number of hydrogen-bond donors (Lipinski definition) is 2. The Morgan fingerprint density at radius 2 is 1.62 bits per heavy atom. The lowest BCUT2D eigenvalue weighted by Crippen LogP contribution is -2.29. The monoisotopic (exact) mass is 410 g/mol. The molecule has 29 heavy (non-hydrogen) atoms. The molecule has 0 aliphatic rings. The zero-order valence-electron chi connectivity index (χ0n) is 15.2. The lowest BCUT2D eigenvalue weighted by molar-refractivity contribution is -0.167. The van der Waals surface area contributed by atoms with E-state index < -0.39 is 30.6 Å². The van der Waals surface area contributed by atoms with Crippen molar-refractivity contribution < 1.29 is 37.0 Å². The third-order valence-corrected chi connectivity index (χ3v) is 3.43. The number of halogens is 3. The van der Waals surface area contributed by atoms with E-state index >= 15 is 0 Å². The van der Waals surface area contributed by atoms with Crippen LogP contribution in [0.1, 0.15) is 17.3 Å². The smallest absolute Gasteiger partial charge is 0.471 e. The molecular formula is C19H17F3N2O5. The summed E-state index contributed by atoms with van der Waals surface area (Å²) in [6.45, 7) is 1.62. The minimum atomic E-state index is -5.02. The molecule has 0 aromatic heterocycles. The predicted octanol–water partition coefficient (Wildman–Crippen LogP) is 3.38. The van der Waals surface area contributed by atoms with Crippen LogP contribution in [-0.4, -0.2) is 37.2 Å². The van der Waals surface area contributed by atoms with Crippen molar-refractivity contribution in [3.8, 4) is 5.75 Å². The summed E-state index contributed by atoms with van der Waals surface area (Å²) in [5.41, 5.74) is 0.270. The molecular weight excluding hydrogens is 393 g/mol.